The lowest BCUT2D eigenvalue weighted by Gasteiger charge is -2.25. The van der Waals surface area contributed by atoms with Crippen molar-refractivity contribution in [2.75, 3.05) is 0 Å². The molecule has 0 spiro atoms. The number of nitrogens with one attached hydrogen (secondary N) is 1. The van der Waals surface area contributed by atoms with Crippen LogP contribution in [0.25, 0.3) is 0 Å². The van der Waals surface area contributed by atoms with Crippen molar-refractivity contribution in [1.82, 2.24) is 5.32 Å². The van der Waals surface area contributed by atoms with Crippen molar-refractivity contribution in [2.24, 2.45) is 4.99 Å². The molecular weight excluding hydrogens is 328 g/mol. The van der Waals surface area contributed by atoms with Crippen LogP contribution in [0.4, 0.5) is 5.69 Å². The van der Waals surface area contributed by atoms with Crippen LogP contribution in [0.15, 0.2) is 94.8 Å². The third-order valence-electron chi connectivity index (χ3n) is 3.97. The number of rotatable bonds is 3. The first-order chi connectivity index (χ1) is 12.3. The Balaban J connectivity index is 1.69. The van der Waals surface area contributed by atoms with E-state index in [0.717, 1.165) is 21.9 Å². The SMILES string of the molecule is O=C(NC1Sc2ccccc2N=C1c1ccccc1)c1ccccc1. The van der Waals surface area contributed by atoms with E-state index in [1.165, 1.54) is 0 Å². The van der Waals surface area contributed by atoms with Gasteiger partial charge in [-0.3, -0.25) is 4.79 Å². The lowest BCUT2D eigenvalue weighted by Crippen LogP contribution is -2.39. The Morgan fingerprint density at radius 3 is 2.24 bits per heavy atom. The van der Waals surface area contributed by atoms with Gasteiger partial charge in [0.05, 0.1) is 11.4 Å². The van der Waals surface area contributed by atoms with E-state index in [1.54, 1.807) is 11.8 Å². The average Bonchev–Trinajstić information content (AvgIpc) is 2.69. The molecule has 0 aromatic heterocycles. The number of thioether (sulfide) groups is 1. The van der Waals surface area contributed by atoms with Gasteiger partial charge in [0.15, 0.2) is 0 Å². The van der Waals surface area contributed by atoms with E-state index >= 15 is 0 Å². The molecule has 0 radical (unpaired) electrons. The van der Waals surface area contributed by atoms with Crippen LogP contribution < -0.4 is 5.32 Å². The maximum absolute atomic E-state index is 12.6. The highest BCUT2D eigenvalue weighted by Gasteiger charge is 2.26. The summed E-state index contributed by atoms with van der Waals surface area (Å²) in [7, 11) is 0. The molecule has 1 unspecified atom stereocenters. The number of carbonyl (C=O) groups excluding carboxylic acids is 1. The molecule has 0 aliphatic carbocycles. The summed E-state index contributed by atoms with van der Waals surface area (Å²) in [5.41, 5.74) is 3.47. The van der Waals surface area contributed by atoms with Crippen LogP contribution in [-0.4, -0.2) is 17.0 Å². The zero-order valence-corrected chi connectivity index (χ0v) is 14.2. The number of aliphatic imine (C=N–C) groups is 1. The number of nitrogens with zero attached hydrogens (tertiary/aromatic N) is 1. The maximum Gasteiger partial charge on any atom is 0.252 e. The lowest BCUT2D eigenvalue weighted by atomic mass is 10.1. The van der Waals surface area contributed by atoms with E-state index in [0.29, 0.717) is 5.56 Å². The number of hydrogen-bond donors (Lipinski definition) is 1. The predicted octanol–water partition coefficient (Wildman–Crippen LogP) is 4.67. The van der Waals surface area contributed by atoms with Gasteiger partial charge in [0, 0.05) is 10.5 Å². The third-order valence-corrected chi connectivity index (χ3v) is 5.14. The van der Waals surface area contributed by atoms with Crippen molar-refractivity contribution >= 4 is 29.1 Å². The molecule has 4 heteroatoms. The van der Waals surface area contributed by atoms with E-state index in [9.17, 15) is 4.79 Å². The van der Waals surface area contributed by atoms with E-state index in [-0.39, 0.29) is 11.3 Å². The standard InChI is InChI=1S/C21H16N2OS/c24-20(16-11-5-2-6-12-16)23-21-19(15-9-3-1-4-10-15)22-17-13-7-8-14-18(17)25-21/h1-14,21H,(H,23,24). The molecule has 3 aromatic rings. The van der Waals surface area contributed by atoms with Crippen molar-refractivity contribution in [1.29, 1.82) is 0 Å². The van der Waals surface area contributed by atoms with Crippen LogP contribution in [0.3, 0.4) is 0 Å². The molecule has 0 fully saturated rings. The molecule has 3 nitrogen and oxygen atoms in total. The Morgan fingerprint density at radius 1 is 0.840 bits per heavy atom. The zero-order chi connectivity index (χ0) is 17.1. The fourth-order valence-corrected chi connectivity index (χ4v) is 3.85. The minimum atomic E-state index is -0.231. The maximum atomic E-state index is 12.6. The normalized spacial score (nSPS) is 15.8. The summed E-state index contributed by atoms with van der Waals surface area (Å²) in [4.78, 5) is 18.5. The molecule has 1 heterocycles. The summed E-state index contributed by atoms with van der Waals surface area (Å²) in [6, 6.07) is 27.3. The van der Waals surface area contributed by atoms with Gasteiger partial charge in [-0.25, -0.2) is 4.99 Å². The van der Waals surface area contributed by atoms with Gasteiger partial charge in [-0.05, 0) is 29.8 Å². The molecule has 0 saturated carbocycles. The first kappa shape index (κ1) is 15.7. The van der Waals surface area contributed by atoms with Crippen LogP contribution in [-0.2, 0) is 0 Å². The van der Waals surface area contributed by atoms with Gasteiger partial charge in [-0.1, -0.05) is 72.4 Å². The highest BCUT2D eigenvalue weighted by atomic mass is 32.2. The summed E-state index contributed by atoms with van der Waals surface area (Å²) in [6.45, 7) is 0. The highest BCUT2D eigenvalue weighted by molar-refractivity contribution is 8.00. The van der Waals surface area contributed by atoms with E-state index in [4.69, 9.17) is 4.99 Å². The Morgan fingerprint density at radius 2 is 1.48 bits per heavy atom. The summed E-state index contributed by atoms with van der Waals surface area (Å²) >= 11 is 1.62. The monoisotopic (exact) mass is 344 g/mol. The van der Waals surface area contributed by atoms with Crippen molar-refractivity contribution in [2.45, 2.75) is 10.3 Å². The van der Waals surface area contributed by atoms with Crippen LogP contribution in [0, 0.1) is 0 Å². The zero-order valence-electron chi connectivity index (χ0n) is 13.4. The quantitative estimate of drug-likeness (QED) is 0.750. The van der Waals surface area contributed by atoms with E-state index < -0.39 is 0 Å². The van der Waals surface area contributed by atoms with Crippen molar-refractivity contribution in [3.8, 4) is 0 Å². The second-order valence-corrected chi connectivity index (χ2v) is 6.82. The molecule has 1 atom stereocenters. The van der Waals surface area contributed by atoms with Gasteiger partial charge in [-0.2, -0.15) is 0 Å². The summed E-state index contributed by atoms with van der Waals surface area (Å²) in [6.07, 6.45) is 0. The number of carbonyl (C=O) groups is 1. The third kappa shape index (κ3) is 3.35. The Hall–Kier alpha value is -2.85. The number of amides is 1. The van der Waals surface area contributed by atoms with Gasteiger partial charge >= 0.3 is 0 Å². The number of para-hydroxylation sites is 1. The van der Waals surface area contributed by atoms with Crippen molar-refractivity contribution < 1.29 is 4.79 Å². The van der Waals surface area contributed by atoms with Crippen LogP contribution in [0.2, 0.25) is 0 Å². The number of hydrogen-bond acceptors (Lipinski definition) is 3. The average molecular weight is 344 g/mol. The van der Waals surface area contributed by atoms with Gasteiger partial charge in [-0.15, -0.1) is 0 Å². The lowest BCUT2D eigenvalue weighted by molar-refractivity contribution is 0.0956. The molecule has 122 valence electrons. The van der Waals surface area contributed by atoms with Gasteiger partial charge in [0.2, 0.25) is 0 Å². The number of benzene rings is 3. The molecule has 0 saturated heterocycles. The molecule has 1 aliphatic heterocycles. The molecule has 1 aliphatic rings. The summed E-state index contributed by atoms with van der Waals surface area (Å²) < 4.78 is 0. The molecular formula is C21H16N2OS. The highest BCUT2D eigenvalue weighted by Crippen LogP contribution is 2.38. The summed E-state index contributed by atoms with van der Waals surface area (Å²) in [5, 5.41) is 2.89. The molecule has 25 heavy (non-hydrogen) atoms. The summed E-state index contributed by atoms with van der Waals surface area (Å²) in [5.74, 6) is -0.0962. The topological polar surface area (TPSA) is 41.5 Å². The second kappa shape index (κ2) is 6.95. The fraction of sp³-hybridized carbons (Fsp3) is 0.0476. The van der Waals surface area contributed by atoms with Crippen LogP contribution in [0.1, 0.15) is 15.9 Å². The minimum absolute atomic E-state index is 0.0962. The van der Waals surface area contributed by atoms with Crippen molar-refractivity contribution in [3.63, 3.8) is 0 Å². The Bertz CT molecular complexity index is 923. The molecule has 0 bridgehead atoms. The molecule has 1 N–H and O–H groups in total. The second-order valence-electron chi connectivity index (χ2n) is 5.67. The fourth-order valence-electron chi connectivity index (χ4n) is 2.73. The van der Waals surface area contributed by atoms with Crippen LogP contribution in [0.5, 0.6) is 0 Å². The van der Waals surface area contributed by atoms with Gasteiger partial charge in [0.25, 0.3) is 5.91 Å². The smallest absolute Gasteiger partial charge is 0.252 e. The first-order valence-corrected chi connectivity index (χ1v) is 8.95. The molecule has 4 rings (SSSR count). The van der Waals surface area contributed by atoms with Gasteiger partial charge in [0.1, 0.15) is 5.37 Å². The number of fused-ring (bicyclic) bond motifs is 1. The largest absolute Gasteiger partial charge is 0.334 e. The Labute approximate surface area is 150 Å². The molecule has 1 amide bonds. The van der Waals surface area contributed by atoms with Gasteiger partial charge < -0.3 is 5.32 Å². The van der Waals surface area contributed by atoms with E-state index in [2.05, 4.69) is 5.32 Å². The van der Waals surface area contributed by atoms with Crippen molar-refractivity contribution in [3.05, 3.63) is 96.1 Å². The predicted molar refractivity (Wildman–Crippen MR) is 103 cm³/mol. The van der Waals surface area contributed by atoms with Crippen LogP contribution >= 0.6 is 11.8 Å². The molecule has 3 aromatic carbocycles. The Kier molecular flexibility index (Phi) is 4.36. The van der Waals surface area contributed by atoms with E-state index in [1.807, 2.05) is 84.9 Å². The first-order valence-electron chi connectivity index (χ1n) is 8.07. The minimum Gasteiger partial charge on any atom is -0.334 e.